The van der Waals surface area contributed by atoms with Crippen molar-refractivity contribution in [2.24, 2.45) is 0 Å². The average molecular weight is 308 g/mol. The van der Waals surface area contributed by atoms with Gasteiger partial charge in [-0.2, -0.15) is 0 Å². The molecule has 4 heteroatoms. The van der Waals surface area contributed by atoms with Crippen molar-refractivity contribution in [1.29, 1.82) is 0 Å². The van der Waals surface area contributed by atoms with Gasteiger partial charge in [-0.15, -0.1) is 0 Å². The van der Waals surface area contributed by atoms with Crippen LogP contribution in [0, 0.1) is 6.92 Å². The molecule has 1 amide bonds. The fourth-order valence-corrected chi connectivity index (χ4v) is 2.75. The summed E-state index contributed by atoms with van der Waals surface area (Å²) in [7, 11) is 1.60. The molecule has 4 nitrogen and oxygen atoms in total. The Morgan fingerprint density at radius 2 is 2.09 bits per heavy atom. The Morgan fingerprint density at radius 3 is 2.91 bits per heavy atom. The van der Waals surface area contributed by atoms with Gasteiger partial charge in [-0.1, -0.05) is 18.2 Å². The van der Waals surface area contributed by atoms with Crippen molar-refractivity contribution in [2.75, 3.05) is 12.4 Å². The molecule has 0 saturated heterocycles. The van der Waals surface area contributed by atoms with Crippen molar-refractivity contribution in [3.63, 3.8) is 0 Å². The highest BCUT2D eigenvalue weighted by molar-refractivity contribution is 5.93. The van der Waals surface area contributed by atoms with E-state index in [-0.39, 0.29) is 5.91 Å². The molecule has 0 bridgehead atoms. The SMILES string of the molecule is COc1ccc(C)cc1NC(=O)CCc1cccc2[nH]ccc12. The summed E-state index contributed by atoms with van der Waals surface area (Å²) in [5.74, 6) is 0.665. The fourth-order valence-electron chi connectivity index (χ4n) is 2.75. The van der Waals surface area contributed by atoms with Gasteiger partial charge in [0.1, 0.15) is 5.75 Å². The lowest BCUT2D eigenvalue weighted by atomic mass is 10.1. The predicted octanol–water partition coefficient (Wildman–Crippen LogP) is 4.06. The highest BCUT2D eigenvalue weighted by Crippen LogP contribution is 2.25. The van der Waals surface area contributed by atoms with Gasteiger partial charge < -0.3 is 15.0 Å². The van der Waals surface area contributed by atoms with Gasteiger partial charge in [0.05, 0.1) is 12.8 Å². The number of benzene rings is 2. The first kappa shape index (κ1) is 15.2. The molecule has 3 aromatic rings. The lowest BCUT2D eigenvalue weighted by Gasteiger charge is -2.11. The van der Waals surface area contributed by atoms with E-state index in [0.29, 0.717) is 18.6 Å². The summed E-state index contributed by atoms with van der Waals surface area (Å²) in [4.78, 5) is 15.5. The standard InChI is InChI=1S/C19H20N2O2/c1-13-6-8-18(23-2)17(12-13)21-19(22)9-7-14-4-3-5-16-15(14)10-11-20-16/h3-6,8,10-12,20H,7,9H2,1-2H3,(H,21,22). The number of amides is 1. The smallest absolute Gasteiger partial charge is 0.224 e. The summed E-state index contributed by atoms with van der Waals surface area (Å²) in [6.45, 7) is 1.99. The number of H-pyrrole nitrogens is 1. The zero-order chi connectivity index (χ0) is 16.2. The minimum absolute atomic E-state index is 0.0126. The third-order valence-corrected chi connectivity index (χ3v) is 3.94. The number of aromatic nitrogens is 1. The normalized spacial score (nSPS) is 10.7. The number of hydrogen-bond donors (Lipinski definition) is 2. The van der Waals surface area contributed by atoms with E-state index in [1.165, 1.54) is 10.9 Å². The van der Waals surface area contributed by atoms with Crippen LogP contribution in [0.25, 0.3) is 10.9 Å². The van der Waals surface area contributed by atoms with Crippen LogP contribution in [0.5, 0.6) is 5.75 Å². The molecule has 23 heavy (non-hydrogen) atoms. The highest BCUT2D eigenvalue weighted by Gasteiger charge is 2.09. The summed E-state index contributed by atoms with van der Waals surface area (Å²) < 4.78 is 5.29. The molecule has 2 aromatic carbocycles. The van der Waals surface area contributed by atoms with E-state index in [1.807, 2.05) is 49.5 Å². The van der Waals surface area contributed by atoms with Gasteiger partial charge in [0, 0.05) is 23.5 Å². The maximum absolute atomic E-state index is 12.3. The van der Waals surface area contributed by atoms with E-state index in [9.17, 15) is 4.79 Å². The number of ether oxygens (including phenoxy) is 1. The minimum Gasteiger partial charge on any atom is -0.495 e. The van der Waals surface area contributed by atoms with Crippen molar-refractivity contribution >= 4 is 22.5 Å². The molecule has 0 fully saturated rings. The van der Waals surface area contributed by atoms with Crippen molar-refractivity contribution in [1.82, 2.24) is 4.98 Å². The molecular weight excluding hydrogens is 288 g/mol. The number of carbonyl (C=O) groups is 1. The highest BCUT2D eigenvalue weighted by atomic mass is 16.5. The Labute approximate surface area is 135 Å². The second-order valence-electron chi connectivity index (χ2n) is 5.61. The number of nitrogens with one attached hydrogen (secondary N) is 2. The van der Waals surface area contributed by atoms with Gasteiger partial charge in [0.15, 0.2) is 0 Å². The molecule has 0 radical (unpaired) electrons. The number of rotatable bonds is 5. The third kappa shape index (κ3) is 3.37. The van der Waals surface area contributed by atoms with E-state index >= 15 is 0 Å². The van der Waals surface area contributed by atoms with Crippen LogP contribution in [-0.4, -0.2) is 18.0 Å². The summed E-state index contributed by atoms with van der Waals surface area (Å²) >= 11 is 0. The first-order chi connectivity index (χ1) is 11.2. The molecule has 1 aromatic heterocycles. The second kappa shape index (κ2) is 6.57. The van der Waals surface area contributed by atoms with Crippen molar-refractivity contribution in [2.45, 2.75) is 19.8 Å². The molecule has 0 unspecified atom stereocenters. The fraction of sp³-hybridized carbons (Fsp3) is 0.211. The zero-order valence-corrected chi connectivity index (χ0v) is 13.3. The topological polar surface area (TPSA) is 54.1 Å². The van der Waals surface area contributed by atoms with Crippen LogP contribution in [0.2, 0.25) is 0 Å². The third-order valence-electron chi connectivity index (χ3n) is 3.94. The molecule has 118 valence electrons. The molecule has 0 aliphatic rings. The van der Waals surface area contributed by atoms with E-state index in [1.54, 1.807) is 7.11 Å². The van der Waals surface area contributed by atoms with E-state index in [2.05, 4.69) is 16.4 Å². The van der Waals surface area contributed by atoms with Gasteiger partial charge in [-0.3, -0.25) is 4.79 Å². The molecule has 0 aliphatic heterocycles. The molecule has 0 aliphatic carbocycles. The van der Waals surface area contributed by atoms with E-state index in [0.717, 1.165) is 16.8 Å². The summed E-state index contributed by atoms with van der Waals surface area (Å²) in [5.41, 5.74) is 4.08. The Morgan fingerprint density at radius 1 is 1.22 bits per heavy atom. The van der Waals surface area contributed by atoms with Gasteiger partial charge >= 0.3 is 0 Å². The van der Waals surface area contributed by atoms with Crippen molar-refractivity contribution < 1.29 is 9.53 Å². The van der Waals surface area contributed by atoms with Crippen molar-refractivity contribution in [3.8, 4) is 5.75 Å². The van der Waals surface area contributed by atoms with Crippen molar-refractivity contribution in [3.05, 3.63) is 59.8 Å². The minimum atomic E-state index is -0.0126. The predicted molar refractivity (Wildman–Crippen MR) is 93.0 cm³/mol. The van der Waals surface area contributed by atoms with Crippen LogP contribution in [0.15, 0.2) is 48.7 Å². The second-order valence-corrected chi connectivity index (χ2v) is 5.61. The number of carbonyl (C=O) groups excluding carboxylic acids is 1. The number of methoxy groups -OCH3 is 1. The zero-order valence-electron chi connectivity index (χ0n) is 13.3. The van der Waals surface area contributed by atoms with E-state index in [4.69, 9.17) is 4.74 Å². The Kier molecular flexibility index (Phi) is 4.33. The molecule has 3 rings (SSSR count). The molecule has 0 saturated carbocycles. The quantitative estimate of drug-likeness (QED) is 0.747. The molecule has 2 N–H and O–H groups in total. The Hall–Kier alpha value is -2.75. The van der Waals surface area contributed by atoms with Crippen LogP contribution in [0.3, 0.4) is 0 Å². The van der Waals surface area contributed by atoms with Crippen LogP contribution >= 0.6 is 0 Å². The van der Waals surface area contributed by atoms with E-state index < -0.39 is 0 Å². The van der Waals surface area contributed by atoms with Crippen LogP contribution < -0.4 is 10.1 Å². The van der Waals surface area contributed by atoms with Crippen LogP contribution in [-0.2, 0) is 11.2 Å². The van der Waals surface area contributed by atoms with Gasteiger partial charge in [0.25, 0.3) is 0 Å². The van der Waals surface area contributed by atoms with Gasteiger partial charge in [-0.25, -0.2) is 0 Å². The van der Waals surface area contributed by atoms with Crippen LogP contribution in [0.4, 0.5) is 5.69 Å². The number of aromatic amines is 1. The summed E-state index contributed by atoms with van der Waals surface area (Å²) in [6.07, 6.45) is 3.06. The summed E-state index contributed by atoms with van der Waals surface area (Å²) in [6, 6.07) is 13.9. The maximum atomic E-state index is 12.3. The molecule has 0 atom stereocenters. The van der Waals surface area contributed by atoms with Gasteiger partial charge in [-0.05, 0) is 48.7 Å². The first-order valence-corrected chi connectivity index (χ1v) is 7.67. The first-order valence-electron chi connectivity index (χ1n) is 7.67. The average Bonchev–Trinajstić information content (AvgIpc) is 3.02. The molecule has 1 heterocycles. The number of aryl methyl sites for hydroxylation is 2. The lowest BCUT2D eigenvalue weighted by molar-refractivity contribution is -0.116. The number of hydrogen-bond acceptors (Lipinski definition) is 2. The maximum Gasteiger partial charge on any atom is 0.224 e. The Bertz CT molecular complexity index is 836. The summed E-state index contributed by atoms with van der Waals surface area (Å²) in [5, 5.41) is 4.12. The molecule has 0 spiro atoms. The lowest BCUT2D eigenvalue weighted by Crippen LogP contribution is -2.13. The number of anilines is 1. The molecular formula is C19H20N2O2. The Balaban J connectivity index is 1.68. The van der Waals surface area contributed by atoms with Gasteiger partial charge in [0.2, 0.25) is 5.91 Å². The van der Waals surface area contributed by atoms with Crippen LogP contribution in [0.1, 0.15) is 17.5 Å². The number of fused-ring (bicyclic) bond motifs is 1. The monoisotopic (exact) mass is 308 g/mol. The largest absolute Gasteiger partial charge is 0.495 e.